The lowest BCUT2D eigenvalue weighted by Gasteiger charge is -2.35. The lowest BCUT2D eigenvalue weighted by molar-refractivity contribution is 0.0531. The Morgan fingerprint density at radius 2 is 2.00 bits per heavy atom. The van der Waals surface area contributed by atoms with Crippen LogP contribution in [0.1, 0.15) is 25.7 Å². The number of rotatable bonds is 2. The first-order chi connectivity index (χ1) is 10.8. The van der Waals surface area contributed by atoms with Crippen LogP contribution in [0.2, 0.25) is 5.02 Å². The smallest absolute Gasteiger partial charge is 0.139 e. The van der Waals surface area contributed by atoms with Crippen LogP contribution < -0.4 is 4.90 Å². The van der Waals surface area contributed by atoms with E-state index < -0.39 is 0 Å². The van der Waals surface area contributed by atoms with Gasteiger partial charge in [0.25, 0.3) is 0 Å². The summed E-state index contributed by atoms with van der Waals surface area (Å²) in [6.45, 7) is 3.03. The molecule has 2 aliphatic rings. The molecule has 0 N–H and O–H groups in total. The number of ether oxygens (including phenoxy) is 1. The third-order valence-electron chi connectivity index (χ3n) is 4.91. The van der Waals surface area contributed by atoms with Crippen molar-refractivity contribution < 1.29 is 4.74 Å². The summed E-state index contributed by atoms with van der Waals surface area (Å²) >= 11 is 6.06. The first-order valence-electron chi connectivity index (χ1n) is 8.08. The van der Waals surface area contributed by atoms with Gasteiger partial charge in [-0.25, -0.2) is 9.97 Å². The molecule has 2 aromatic rings. The highest BCUT2D eigenvalue weighted by Gasteiger charge is 2.30. The Morgan fingerprint density at radius 1 is 1.14 bits per heavy atom. The molecule has 0 amide bonds. The lowest BCUT2D eigenvalue weighted by Crippen LogP contribution is -2.38. The Morgan fingerprint density at radius 3 is 2.77 bits per heavy atom. The number of hydrogen-bond donors (Lipinski definition) is 0. The minimum Gasteiger partial charge on any atom is -0.378 e. The summed E-state index contributed by atoms with van der Waals surface area (Å²) in [7, 11) is 0. The van der Waals surface area contributed by atoms with E-state index in [1.54, 1.807) is 6.33 Å². The SMILES string of the molecule is Clc1ccc2c(N3CCC(C4CCCO4)CC3)ncnc2c1. The van der Waals surface area contributed by atoms with Crippen LogP contribution in [0.4, 0.5) is 5.82 Å². The third kappa shape index (κ3) is 2.66. The van der Waals surface area contributed by atoms with Gasteiger partial charge in [-0.15, -0.1) is 0 Å². The molecule has 4 nitrogen and oxygen atoms in total. The molecule has 4 rings (SSSR count). The molecule has 116 valence electrons. The van der Waals surface area contributed by atoms with Crippen LogP contribution in [0, 0.1) is 5.92 Å². The summed E-state index contributed by atoms with van der Waals surface area (Å²) in [6.07, 6.45) is 6.96. The Labute approximate surface area is 135 Å². The second-order valence-electron chi connectivity index (χ2n) is 6.23. The van der Waals surface area contributed by atoms with Gasteiger partial charge < -0.3 is 9.64 Å². The van der Waals surface area contributed by atoms with Crippen LogP contribution in [-0.4, -0.2) is 35.8 Å². The average Bonchev–Trinajstić information content (AvgIpc) is 3.09. The largest absolute Gasteiger partial charge is 0.378 e. The lowest BCUT2D eigenvalue weighted by atomic mass is 9.90. The molecule has 0 spiro atoms. The highest BCUT2D eigenvalue weighted by Crippen LogP contribution is 2.32. The standard InChI is InChI=1S/C17H20ClN3O/c18-13-3-4-14-15(10-13)19-11-20-17(14)21-7-5-12(6-8-21)16-2-1-9-22-16/h3-4,10-12,16H,1-2,5-9H2. The van der Waals surface area contributed by atoms with Gasteiger partial charge in [0.05, 0.1) is 11.6 Å². The predicted octanol–water partition coefficient (Wildman–Crippen LogP) is 3.68. The molecule has 1 unspecified atom stereocenters. The zero-order chi connectivity index (χ0) is 14.9. The first kappa shape index (κ1) is 14.2. The van der Waals surface area contributed by atoms with E-state index in [-0.39, 0.29) is 0 Å². The topological polar surface area (TPSA) is 38.2 Å². The van der Waals surface area contributed by atoms with Gasteiger partial charge in [-0.3, -0.25) is 0 Å². The van der Waals surface area contributed by atoms with Crippen molar-refractivity contribution in [1.82, 2.24) is 9.97 Å². The number of halogens is 1. The predicted molar refractivity (Wildman–Crippen MR) is 88.5 cm³/mol. The van der Waals surface area contributed by atoms with E-state index in [0.717, 1.165) is 36.4 Å². The van der Waals surface area contributed by atoms with E-state index in [1.807, 2.05) is 18.2 Å². The minimum atomic E-state index is 0.489. The third-order valence-corrected chi connectivity index (χ3v) is 5.14. The average molecular weight is 318 g/mol. The van der Waals surface area contributed by atoms with Gasteiger partial charge in [0.1, 0.15) is 12.1 Å². The van der Waals surface area contributed by atoms with Gasteiger partial charge >= 0.3 is 0 Å². The molecule has 2 fully saturated rings. The van der Waals surface area contributed by atoms with Crippen LogP contribution >= 0.6 is 11.6 Å². The van der Waals surface area contributed by atoms with Crippen LogP contribution in [0.15, 0.2) is 24.5 Å². The van der Waals surface area contributed by atoms with Crippen molar-refractivity contribution in [2.75, 3.05) is 24.6 Å². The van der Waals surface area contributed by atoms with E-state index in [0.29, 0.717) is 17.0 Å². The summed E-state index contributed by atoms with van der Waals surface area (Å²) in [6, 6.07) is 5.84. The van der Waals surface area contributed by atoms with Crippen LogP contribution in [0.3, 0.4) is 0 Å². The fourth-order valence-corrected chi connectivity index (χ4v) is 3.89. The van der Waals surface area contributed by atoms with Crippen molar-refractivity contribution >= 4 is 28.3 Å². The van der Waals surface area contributed by atoms with Gasteiger partial charge in [0.2, 0.25) is 0 Å². The van der Waals surface area contributed by atoms with Gasteiger partial charge in [-0.05, 0) is 49.8 Å². The molecule has 3 heterocycles. The molecule has 1 aromatic heterocycles. The van der Waals surface area contributed by atoms with Crippen LogP contribution in [0.5, 0.6) is 0 Å². The molecule has 0 radical (unpaired) electrons. The fraction of sp³-hybridized carbons (Fsp3) is 0.529. The Hall–Kier alpha value is -1.39. The summed E-state index contributed by atoms with van der Waals surface area (Å²) in [5, 5.41) is 1.80. The van der Waals surface area contributed by atoms with Gasteiger partial charge in [0, 0.05) is 30.1 Å². The maximum atomic E-state index is 6.06. The van der Waals surface area contributed by atoms with Crippen molar-refractivity contribution in [3.05, 3.63) is 29.5 Å². The molecular weight excluding hydrogens is 298 g/mol. The number of hydrogen-bond acceptors (Lipinski definition) is 4. The van der Waals surface area contributed by atoms with E-state index in [4.69, 9.17) is 16.3 Å². The molecule has 0 aliphatic carbocycles. The monoisotopic (exact) mass is 317 g/mol. The number of benzene rings is 1. The molecule has 5 heteroatoms. The quantitative estimate of drug-likeness (QED) is 0.847. The number of nitrogens with zero attached hydrogens (tertiary/aromatic N) is 3. The van der Waals surface area contributed by atoms with Crippen molar-refractivity contribution in [3.8, 4) is 0 Å². The van der Waals surface area contributed by atoms with Crippen molar-refractivity contribution in [1.29, 1.82) is 0 Å². The maximum Gasteiger partial charge on any atom is 0.139 e. The van der Waals surface area contributed by atoms with E-state index in [1.165, 1.54) is 25.7 Å². The second-order valence-corrected chi connectivity index (χ2v) is 6.67. The van der Waals surface area contributed by atoms with Crippen LogP contribution in [-0.2, 0) is 4.74 Å². The highest BCUT2D eigenvalue weighted by atomic mass is 35.5. The zero-order valence-corrected chi connectivity index (χ0v) is 13.3. The second kappa shape index (κ2) is 6.01. The molecule has 0 bridgehead atoms. The molecular formula is C17H20ClN3O. The summed E-state index contributed by atoms with van der Waals surface area (Å²) < 4.78 is 5.86. The highest BCUT2D eigenvalue weighted by molar-refractivity contribution is 6.31. The van der Waals surface area contributed by atoms with Gasteiger partial charge in [-0.1, -0.05) is 11.6 Å². The molecule has 0 saturated carbocycles. The number of piperidine rings is 1. The summed E-state index contributed by atoms with van der Waals surface area (Å²) in [4.78, 5) is 11.2. The molecule has 1 atom stereocenters. The number of fused-ring (bicyclic) bond motifs is 1. The zero-order valence-electron chi connectivity index (χ0n) is 12.5. The van der Waals surface area contributed by atoms with E-state index in [9.17, 15) is 0 Å². The Kier molecular flexibility index (Phi) is 3.89. The Bertz CT molecular complexity index is 664. The van der Waals surface area contributed by atoms with Crippen LogP contribution in [0.25, 0.3) is 10.9 Å². The van der Waals surface area contributed by atoms with Gasteiger partial charge in [-0.2, -0.15) is 0 Å². The van der Waals surface area contributed by atoms with Crippen molar-refractivity contribution in [2.24, 2.45) is 5.92 Å². The maximum absolute atomic E-state index is 6.06. The van der Waals surface area contributed by atoms with Gasteiger partial charge in [0.15, 0.2) is 0 Å². The fourth-order valence-electron chi connectivity index (χ4n) is 3.73. The first-order valence-corrected chi connectivity index (χ1v) is 8.46. The molecule has 2 aliphatic heterocycles. The van der Waals surface area contributed by atoms with Crippen molar-refractivity contribution in [2.45, 2.75) is 31.8 Å². The van der Waals surface area contributed by atoms with E-state index >= 15 is 0 Å². The molecule has 22 heavy (non-hydrogen) atoms. The van der Waals surface area contributed by atoms with Crippen molar-refractivity contribution in [3.63, 3.8) is 0 Å². The number of anilines is 1. The molecule has 1 aromatic carbocycles. The number of aromatic nitrogens is 2. The summed E-state index contributed by atoms with van der Waals surface area (Å²) in [5.74, 6) is 1.74. The minimum absolute atomic E-state index is 0.489. The Balaban J connectivity index is 1.53. The summed E-state index contributed by atoms with van der Waals surface area (Å²) in [5.41, 5.74) is 0.916. The van der Waals surface area contributed by atoms with E-state index in [2.05, 4.69) is 14.9 Å². The normalized spacial score (nSPS) is 23.3. The molecule has 2 saturated heterocycles.